The number of esters is 1. The summed E-state index contributed by atoms with van der Waals surface area (Å²) in [5.74, 6) is -0.553. The van der Waals surface area contributed by atoms with Gasteiger partial charge in [-0.2, -0.15) is 0 Å². The molecule has 22 heavy (non-hydrogen) atoms. The van der Waals surface area contributed by atoms with Crippen molar-refractivity contribution in [2.24, 2.45) is 11.3 Å². The van der Waals surface area contributed by atoms with E-state index in [0.29, 0.717) is 19.3 Å². The molecule has 0 spiro atoms. The van der Waals surface area contributed by atoms with Crippen molar-refractivity contribution in [2.45, 2.75) is 58.1 Å². The van der Waals surface area contributed by atoms with Crippen LogP contribution in [0.15, 0.2) is 30.3 Å². The van der Waals surface area contributed by atoms with E-state index >= 15 is 0 Å². The predicted molar refractivity (Wildman–Crippen MR) is 80.8 cm³/mol. The molecule has 120 valence electrons. The number of carbonyl (C=O) groups is 1. The lowest BCUT2D eigenvalue weighted by Gasteiger charge is -2.33. The first-order chi connectivity index (χ1) is 10.3. The number of rotatable bonds is 2. The fourth-order valence-corrected chi connectivity index (χ4v) is 3.45. The van der Waals surface area contributed by atoms with Crippen molar-refractivity contribution in [1.29, 1.82) is 0 Å². The fourth-order valence-electron chi connectivity index (χ4n) is 3.45. The summed E-state index contributed by atoms with van der Waals surface area (Å²) in [5, 5.41) is 0. The van der Waals surface area contributed by atoms with Crippen LogP contribution < -0.4 is 0 Å². The zero-order valence-electron chi connectivity index (χ0n) is 13.3. The number of benzene rings is 1. The molecule has 1 heterocycles. The molecule has 0 radical (unpaired) electrons. The van der Waals surface area contributed by atoms with Crippen LogP contribution in [-0.2, 0) is 19.9 Å². The largest absolute Gasteiger partial charge is 0.433 e. The second-order valence-electron chi connectivity index (χ2n) is 7.43. The molecule has 4 atom stereocenters. The topological polar surface area (TPSA) is 35.5 Å². The Morgan fingerprint density at radius 2 is 1.86 bits per heavy atom. The molecule has 1 saturated carbocycles. The molecule has 1 aromatic rings. The highest BCUT2D eigenvalue weighted by molar-refractivity contribution is 5.83. The van der Waals surface area contributed by atoms with Gasteiger partial charge in [0.1, 0.15) is 6.17 Å². The zero-order chi connectivity index (χ0) is 16.0. The SMILES string of the molecule is CC(C)(C)[C@H]1OC(=O)[C@](c2ccccc2)([C@H]2CCC(F)C2)O1. The number of hydrogen-bond donors (Lipinski definition) is 0. The summed E-state index contributed by atoms with van der Waals surface area (Å²) >= 11 is 0. The van der Waals surface area contributed by atoms with E-state index in [0.717, 1.165) is 5.56 Å². The first kappa shape index (κ1) is 15.5. The molecule has 0 N–H and O–H groups in total. The van der Waals surface area contributed by atoms with Gasteiger partial charge in [0.25, 0.3) is 0 Å². The Labute approximate surface area is 130 Å². The van der Waals surface area contributed by atoms with E-state index in [-0.39, 0.29) is 17.3 Å². The number of cyclic esters (lactones) is 1. The van der Waals surface area contributed by atoms with Gasteiger partial charge in [0.15, 0.2) is 5.60 Å². The zero-order valence-corrected chi connectivity index (χ0v) is 13.3. The maximum Gasteiger partial charge on any atom is 0.345 e. The van der Waals surface area contributed by atoms with E-state index in [9.17, 15) is 9.18 Å². The summed E-state index contributed by atoms with van der Waals surface area (Å²) < 4.78 is 25.5. The first-order valence-corrected chi connectivity index (χ1v) is 7.92. The van der Waals surface area contributed by atoms with Crippen LogP contribution in [-0.4, -0.2) is 18.4 Å². The summed E-state index contributed by atoms with van der Waals surface area (Å²) in [7, 11) is 0. The van der Waals surface area contributed by atoms with Crippen LogP contribution >= 0.6 is 0 Å². The molecule has 1 unspecified atom stereocenters. The van der Waals surface area contributed by atoms with E-state index < -0.39 is 18.1 Å². The van der Waals surface area contributed by atoms with Gasteiger partial charge in [0, 0.05) is 11.3 Å². The van der Waals surface area contributed by atoms with Crippen molar-refractivity contribution >= 4 is 5.97 Å². The molecule has 1 aliphatic carbocycles. The van der Waals surface area contributed by atoms with E-state index in [4.69, 9.17) is 9.47 Å². The highest BCUT2D eigenvalue weighted by atomic mass is 19.1. The molecule has 0 aromatic heterocycles. The molecule has 4 heteroatoms. The third-order valence-corrected chi connectivity index (χ3v) is 4.66. The molecule has 3 rings (SSSR count). The van der Waals surface area contributed by atoms with Crippen LogP contribution in [0.25, 0.3) is 0 Å². The van der Waals surface area contributed by atoms with E-state index in [2.05, 4.69) is 0 Å². The van der Waals surface area contributed by atoms with Crippen molar-refractivity contribution in [1.82, 2.24) is 0 Å². The minimum absolute atomic E-state index is 0.176. The highest BCUT2D eigenvalue weighted by Crippen LogP contribution is 2.50. The van der Waals surface area contributed by atoms with E-state index in [1.807, 2.05) is 51.1 Å². The van der Waals surface area contributed by atoms with Crippen molar-refractivity contribution in [3.05, 3.63) is 35.9 Å². The lowest BCUT2D eigenvalue weighted by Crippen LogP contribution is -2.41. The number of halogens is 1. The first-order valence-electron chi connectivity index (χ1n) is 7.92. The molecule has 1 aromatic carbocycles. The lowest BCUT2D eigenvalue weighted by molar-refractivity contribution is -0.162. The Kier molecular flexibility index (Phi) is 3.76. The van der Waals surface area contributed by atoms with Gasteiger partial charge in [-0.05, 0) is 24.8 Å². The molecular formula is C18H23FO3. The summed E-state index contributed by atoms with van der Waals surface area (Å²) in [6.45, 7) is 5.91. The van der Waals surface area contributed by atoms with Gasteiger partial charge < -0.3 is 9.47 Å². The third kappa shape index (κ3) is 2.43. The summed E-state index contributed by atoms with van der Waals surface area (Å²) in [6.07, 6.45) is -0.00609. The Morgan fingerprint density at radius 3 is 2.36 bits per heavy atom. The van der Waals surface area contributed by atoms with Crippen LogP contribution in [0.3, 0.4) is 0 Å². The minimum Gasteiger partial charge on any atom is -0.433 e. The monoisotopic (exact) mass is 306 g/mol. The molecule has 2 fully saturated rings. The molecule has 1 saturated heterocycles. The van der Waals surface area contributed by atoms with Crippen LogP contribution in [0.1, 0.15) is 45.6 Å². The Hall–Kier alpha value is -1.42. The molecule has 0 amide bonds. The number of alkyl halides is 1. The number of carbonyl (C=O) groups excluding carboxylic acids is 1. The molecule has 2 aliphatic rings. The summed E-state index contributed by atoms with van der Waals surface area (Å²) in [6, 6.07) is 9.39. The van der Waals surface area contributed by atoms with E-state index in [1.54, 1.807) is 0 Å². The second kappa shape index (κ2) is 5.34. The van der Waals surface area contributed by atoms with Gasteiger partial charge in [-0.15, -0.1) is 0 Å². The van der Waals surface area contributed by atoms with Gasteiger partial charge >= 0.3 is 5.97 Å². The average molecular weight is 306 g/mol. The molecule has 1 aliphatic heterocycles. The quantitative estimate of drug-likeness (QED) is 0.776. The summed E-state index contributed by atoms with van der Waals surface area (Å²) in [5.41, 5.74) is -0.717. The fraction of sp³-hybridized carbons (Fsp3) is 0.611. The van der Waals surface area contributed by atoms with Crippen molar-refractivity contribution in [3.8, 4) is 0 Å². The molecular weight excluding hydrogens is 283 g/mol. The van der Waals surface area contributed by atoms with Crippen molar-refractivity contribution in [2.75, 3.05) is 0 Å². The van der Waals surface area contributed by atoms with Crippen LogP contribution in [0.5, 0.6) is 0 Å². The number of hydrogen-bond acceptors (Lipinski definition) is 3. The Balaban J connectivity index is 2.03. The standard InChI is InChI=1S/C18H23FO3/c1-17(2,3)16-21-15(20)18(22-16,12-7-5-4-6-8-12)13-9-10-14(19)11-13/h4-8,13-14,16H,9-11H2,1-3H3/t13-,14?,16-,18-/m0/s1. The summed E-state index contributed by atoms with van der Waals surface area (Å²) in [4.78, 5) is 12.8. The molecule has 3 nitrogen and oxygen atoms in total. The van der Waals surface area contributed by atoms with E-state index in [1.165, 1.54) is 0 Å². The predicted octanol–water partition coefficient (Wildman–Crippen LogP) is 3.97. The number of ether oxygens (including phenoxy) is 2. The third-order valence-electron chi connectivity index (χ3n) is 4.66. The van der Waals surface area contributed by atoms with Gasteiger partial charge in [-0.1, -0.05) is 51.1 Å². The van der Waals surface area contributed by atoms with Crippen LogP contribution in [0.4, 0.5) is 4.39 Å². The highest BCUT2D eigenvalue weighted by Gasteiger charge is 2.60. The Bertz CT molecular complexity index is 551. The van der Waals surface area contributed by atoms with Gasteiger partial charge in [0.2, 0.25) is 6.29 Å². The van der Waals surface area contributed by atoms with Gasteiger partial charge in [-0.3, -0.25) is 0 Å². The smallest absolute Gasteiger partial charge is 0.345 e. The van der Waals surface area contributed by atoms with Gasteiger partial charge in [0.05, 0.1) is 0 Å². The average Bonchev–Trinajstić information content (AvgIpc) is 3.04. The second-order valence-corrected chi connectivity index (χ2v) is 7.43. The van der Waals surface area contributed by atoms with Crippen LogP contribution in [0.2, 0.25) is 0 Å². The lowest BCUT2D eigenvalue weighted by atomic mass is 9.80. The maximum absolute atomic E-state index is 13.8. The minimum atomic E-state index is -1.17. The normalized spacial score (nSPS) is 35.6. The maximum atomic E-state index is 13.8. The van der Waals surface area contributed by atoms with Crippen molar-refractivity contribution in [3.63, 3.8) is 0 Å². The Morgan fingerprint density at radius 1 is 1.18 bits per heavy atom. The van der Waals surface area contributed by atoms with Crippen molar-refractivity contribution < 1.29 is 18.7 Å². The van der Waals surface area contributed by atoms with Gasteiger partial charge in [-0.25, -0.2) is 9.18 Å². The molecule has 0 bridgehead atoms. The van der Waals surface area contributed by atoms with Crippen LogP contribution in [0, 0.1) is 11.3 Å².